The minimum atomic E-state index is 0.248. The van der Waals surface area contributed by atoms with Gasteiger partial charge in [0.1, 0.15) is 5.75 Å². The van der Waals surface area contributed by atoms with E-state index in [9.17, 15) is 0 Å². The van der Waals surface area contributed by atoms with E-state index in [1.807, 2.05) is 12.1 Å². The molecule has 17 heavy (non-hydrogen) atoms. The maximum Gasteiger partial charge on any atom is 0.119 e. The van der Waals surface area contributed by atoms with Crippen molar-refractivity contribution in [3.63, 3.8) is 0 Å². The van der Waals surface area contributed by atoms with Gasteiger partial charge in [0.25, 0.3) is 0 Å². The number of benzene rings is 1. The highest BCUT2D eigenvalue weighted by atomic mass is 16.5. The molecule has 0 amide bonds. The maximum absolute atomic E-state index is 5.91. The SMILES string of the molecule is C#CCCCOc1ccc(CC(N)CC)cc1. The summed E-state index contributed by atoms with van der Waals surface area (Å²) in [6.45, 7) is 2.78. The molecule has 1 aromatic rings. The summed E-state index contributed by atoms with van der Waals surface area (Å²) in [4.78, 5) is 0. The second kappa shape index (κ2) is 7.76. The van der Waals surface area contributed by atoms with Crippen molar-refractivity contribution in [3.8, 4) is 18.1 Å². The van der Waals surface area contributed by atoms with Gasteiger partial charge in [-0.05, 0) is 37.0 Å². The third-order valence-corrected chi connectivity index (χ3v) is 2.68. The average Bonchev–Trinajstić information content (AvgIpc) is 2.36. The fourth-order valence-corrected chi connectivity index (χ4v) is 1.53. The lowest BCUT2D eigenvalue weighted by Crippen LogP contribution is -2.21. The van der Waals surface area contributed by atoms with E-state index in [0.717, 1.165) is 31.4 Å². The number of terminal acetylenes is 1. The van der Waals surface area contributed by atoms with Crippen LogP contribution in [0.15, 0.2) is 24.3 Å². The first-order chi connectivity index (χ1) is 8.26. The highest BCUT2D eigenvalue weighted by molar-refractivity contribution is 5.27. The highest BCUT2D eigenvalue weighted by Gasteiger charge is 2.01. The predicted molar refractivity (Wildman–Crippen MR) is 72.0 cm³/mol. The summed E-state index contributed by atoms with van der Waals surface area (Å²) in [6.07, 6.45) is 8.77. The van der Waals surface area contributed by atoms with Gasteiger partial charge in [-0.3, -0.25) is 0 Å². The summed E-state index contributed by atoms with van der Waals surface area (Å²) < 4.78 is 5.57. The van der Waals surface area contributed by atoms with Crippen LogP contribution in [0, 0.1) is 12.3 Å². The summed E-state index contributed by atoms with van der Waals surface area (Å²) in [5.41, 5.74) is 7.17. The summed E-state index contributed by atoms with van der Waals surface area (Å²) >= 11 is 0. The molecule has 0 saturated carbocycles. The summed E-state index contributed by atoms with van der Waals surface area (Å²) in [5, 5.41) is 0. The molecule has 0 heterocycles. The second-order valence-corrected chi connectivity index (χ2v) is 4.17. The van der Waals surface area contributed by atoms with E-state index < -0.39 is 0 Å². The monoisotopic (exact) mass is 231 g/mol. The fraction of sp³-hybridized carbons (Fsp3) is 0.467. The van der Waals surface area contributed by atoms with Gasteiger partial charge in [-0.1, -0.05) is 19.1 Å². The molecule has 0 aromatic heterocycles. The van der Waals surface area contributed by atoms with Gasteiger partial charge in [-0.15, -0.1) is 12.3 Å². The normalized spacial score (nSPS) is 11.8. The molecule has 0 radical (unpaired) electrons. The zero-order valence-electron chi connectivity index (χ0n) is 10.5. The van der Waals surface area contributed by atoms with Crippen LogP contribution in [0.5, 0.6) is 5.75 Å². The van der Waals surface area contributed by atoms with Crippen LogP contribution in [0.3, 0.4) is 0 Å². The van der Waals surface area contributed by atoms with Gasteiger partial charge in [0.2, 0.25) is 0 Å². The van der Waals surface area contributed by atoms with Crippen molar-refractivity contribution in [1.82, 2.24) is 0 Å². The van der Waals surface area contributed by atoms with E-state index >= 15 is 0 Å². The first kappa shape index (κ1) is 13.6. The molecule has 1 atom stereocenters. The van der Waals surface area contributed by atoms with Crippen LogP contribution in [-0.4, -0.2) is 12.6 Å². The zero-order valence-corrected chi connectivity index (χ0v) is 10.5. The van der Waals surface area contributed by atoms with E-state index in [1.54, 1.807) is 0 Å². The lowest BCUT2D eigenvalue weighted by molar-refractivity contribution is 0.313. The smallest absolute Gasteiger partial charge is 0.119 e. The number of hydrogen-bond donors (Lipinski definition) is 1. The molecule has 0 spiro atoms. The molecular weight excluding hydrogens is 210 g/mol. The Morgan fingerprint density at radius 1 is 1.35 bits per heavy atom. The second-order valence-electron chi connectivity index (χ2n) is 4.17. The number of hydrogen-bond acceptors (Lipinski definition) is 2. The molecule has 0 fully saturated rings. The minimum Gasteiger partial charge on any atom is -0.494 e. The average molecular weight is 231 g/mol. The van der Waals surface area contributed by atoms with Crippen LogP contribution in [0.4, 0.5) is 0 Å². The molecule has 92 valence electrons. The Kier molecular flexibility index (Phi) is 6.21. The molecule has 1 unspecified atom stereocenters. The van der Waals surface area contributed by atoms with Crippen molar-refractivity contribution >= 4 is 0 Å². The molecule has 2 heteroatoms. The number of rotatable bonds is 7. The Morgan fingerprint density at radius 2 is 2.06 bits per heavy atom. The van der Waals surface area contributed by atoms with Gasteiger partial charge >= 0.3 is 0 Å². The maximum atomic E-state index is 5.91. The molecule has 0 aliphatic heterocycles. The van der Waals surface area contributed by atoms with Crippen LogP contribution < -0.4 is 10.5 Å². The number of nitrogens with two attached hydrogens (primary N) is 1. The van der Waals surface area contributed by atoms with Gasteiger partial charge in [0.05, 0.1) is 6.61 Å². The fourth-order valence-electron chi connectivity index (χ4n) is 1.53. The summed E-state index contributed by atoms with van der Waals surface area (Å²) in [6, 6.07) is 8.39. The molecule has 0 saturated heterocycles. The van der Waals surface area contributed by atoms with E-state index in [-0.39, 0.29) is 6.04 Å². The van der Waals surface area contributed by atoms with Crippen LogP contribution in [0.1, 0.15) is 31.7 Å². The van der Waals surface area contributed by atoms with Gasteiger partial charge < -0.3 is 10.5 Å². The molecule has 2 nitrogen and oxygen atoms in total. The number of unbranched alkanes of at least 4 members (excludes halogenated alkanes) is 1. The molecule has 0 bridgehead atoms. The van der Waals surface area contributed by atoms with Crippen molar-refractivity contribution in [2.24, 2.45) is 5.73 Å². The molecule has 0 aliphatic rings. The third-order valence-electron chi connectivity index (χ3n) is 2.68. The first-order valence-electron chi connectivity index (χ1n) is 6.17. The molecule has 2 N–H and O–H groups in total. The van der Waals surface area contributed by atoms with Gasteiger partial charge in [-0.2, -0.15) is 0 Å². The van der Waals surface area contributed by atoms with Crippen molar-refractivity contribution in [2.75, 3.05) is 6.61 Å². The van der Waals surface area contributed by atoms with E-state index in [1.165, 1.54) is 5.56 Å². The highest BCUT2D eigenvalue weighted by Crippen LogP contribution is 2.14. The van der Waals surface area contributed by atoms with Gasteiger partial charge in [-0.25, -0.2) is 0 Å². The third kappa shape index (κ3) is 5.42. The van der Waals surface area contributed by atoms with Crippen molar-refractivity contribution in [1.29, 1.82) is 0 Å². The van der Waals surface area contributed by atoms with Crippen LogP contribution in [0.2, 0.25) is 0 Å². The Labute approximate surface area is 104 Å². The van der Waals surface area contributed by atoms with Crippen molar-refractivity contribution < 1.29 is 4.74 Å². The molecular formula is C15H21NO. The minimum absolute atomic E-state index is 0.248. The zero-order chi connectivity index (χ0) is 12.5. The topological polar surface area (TPSA) is 35.2 Å². The van der Waals surface area contributed by atoms with Crippen LogP contribution in [0.25, 0.3) is 0 Å². The Balaban J connectivity index is 2.37. The Hall–Kier alpha value is -1.46. The van der Waals surface area contributed by atoms with Gasteiger partial charge in [0, 0.05) is 12.5 Å². The van der Waals surface area contributed by atoms with Crippen molar-refractivity contribution in [2.45, 2.75) is 38.6 Å². The van der Waals surface area contributed by atoms with E-state index in [4.69, 9.17) is 16.9 Å². The van der Waals surface area contributed by atoms with E-state index in [0.29, 0.717) is 6.61 Å². The summed E-state index contributed by atoms with van der Waals surface area (Å²) in [5.74, 6) is 3.50. The van der Waals surface area contributed by atoms with Crippen molar-refractivity contribution in [3.05, 3.63) is 29.8 Å². The molecule has 1 aromatic carbocycles. The van der Waals surface area contributed by atoms with Gasteiger partial charge in [0.15, 0.2) is 0 Å². The Morgan fingerprint density at radius 3 is 2.65 bits per heavy atom. The van der Waals surface area contributed by atoms with Crippen LogP contribution >= 0.6 is 0 Å². The first-order valence-corrected chi connectivity index (χ1v) is 6.17. The lowest BCUT2D eigenvalue weighted by atomic mass is 10.0. The molecule has 1 rings (SSSR count). The lowest BCUT2D eigenvalue weighted by Gasteiger charge is -2.09. The summed E-state index contributed by atoms with van der Waals surface area (Å²) in [7, 11) is 0. The largest absolute Gasteiger partial charge is 0.494 e. The Bertz CT molecular complexity index is 350. The van der Waals surface area contributed by atoms with Crippen LogP contribution in [-0.2, 0) is 6.42 Å². The van der Waals surface area contributed by atoms with E-state index in [2.05, 4.69) is 25.0 Å². The number of ether oxygens (including phenoxy) is 1. The predicted octanol–water partition coefficient (Wildman–Crippen LogP) is 2.76. The standard InChI is InChI=1S/C15H21NO/c1-3-5-6-11-17-15-9-7-13(8-10-15)12-14(16)4-2/h1,7-10,14H,4-6,11-12,16H2,2H3. The molecule has 0 aliphatic carbocycles. The quantitative estimate of drug-likeness (QED) is 0.578.